The molecular formula is C16H17ClN2O2. The second-order valence-corrected chi connectivity index (χ2v) is 4.99. The first-order chi connectivity index (χ1) is 10.1. The number of anilines is 1. The number of rotatable bonds is 5. The zero-order chi connectivity index (χ0) is 15.2. The van der Waals surface area contributed by atoms with Gasteiger partial charge in [-0.15, -0.1) is 0 Å². The van der Waals surface area contributed by atoms with Crippen LogP contribution >= 0.6 is 11.6 Å². The zero-order valence-electron chi connectivity index (χ0n) is 11.7. The van der Waals surface area contributed by atoms with Gasteiger partial charge < -0.3 is 15.8 Å². The van der Waals surface area contributed by atoms with Crippen molar-refractivity contribution < 1.29 is 9.53 Å². The van der Waals surface area contributed by atoms with Gasteiger partial charge in [0.05, 0.1) is 0 Å². The lowest BCUT2D eigenvalue weighted by Crippen LogP contribution is -2.13. The fraction of sp³-hybridized carbons (Fsp3) is 0.188. The van der Waals surface area contributed by atoms with E-state index in [-0.39, 0.29) is 5.91 Å². The molecule has 0 fully saturated rings. The van der Waals surface area contributed by atoms with Crippen LogP contribution < -0.4 is 15.8 Å². The molecule has 0 unspecified atom stereocenters. The minimum Gasteiger partial charge on any atom is -0.492 e. The average molecular weight is 305 g/mol. The first-order valence-corrected chi connectivity index (χ1v) is 6.98. The highest BCUT2D eigenvalue weighted by atomic mass is 35.5. The SMILES string of the molecule is Cc1ccc(C(=O)Nc2cccc(OCCN)c2)cc1Cl. The molecule has 5 heteroatoms. The van der Waals surface area contributed by atoms with Crippen molar-refractivity contribution in [2.75, 3.05) is 18.5 Å². The molecule has 3 N–H and O–H groups in total. The van der Waals surface area contributed by atoms with Crippen LogP contribution in [0.3, 0.4) is 0 Å². The van der Waals surface area contributed by atoms with Crippen molar-refractivity contribution in [3.63, 3.8) is 0 Å². The quantitative estimate of drug-likeness (QED) is 0.891. The summed E-state index contributed by atoms with van der Waals surface area (Å²) in [4.78, 5) is 12.2. The molecule has 21 heavy (non-hydrogen) atoms. The van der Waals surface area contributed by atoms with Gasteiger partial charge in [0.2, 0.25) is 0 Å². The number of nitrogens with one attached hydrogen (secondary N) is 1. The van der Waals surface area contributed by atoms with Crippen LogP contribution in [0.25, 0.3) is 0 Å². The Balaban J connectivity index is 2.10. The first kappa shape index (κ1) is 15.4. The molecule has 0 aliphatic carbocycles. The number of hydrogen-bond donors (Lipinski definition) is 2. The van der Waals surface area contributed by atoms with Crippen molar-refractivity contribution in [2.24, 2.45) is 5.73 Å². The van der Waals surface area contributed by atoms with Crippen LogP contribution in [-0.2, 0) is 0 Å². The van der Waals surface area contributed by atoms with E-state index in [0.29, 0.717) is 35.2 Å². The van der Waals surface area contributed by atoms with Crippen molar-refractivity contribution >= 4 is 23.2 Å². The molecule has 0 heterocycles. The van der Waals surface area contributed by atoms with Crippen molar-refractivity contribution in [1.29, 1.82) is 0 Å². The lowest BCUT2D eigenvalue weighted by molar-refractivity contribution is 0.102. The maximum atomic E-state index is 12.2. The number of aryl methyl sites for hydroxylation is 1. The number of carbonyl (C=O) groups is 1. The van der Waals surface area contributed by atoms with Crippen molar-refractivity contribution in [3.05, 3.63) is 58.6 Å². The van der Waals surface area contributed by atoms with Crippen molar-refractivity contribution in [2.45, 2.75) is 6.92 Å². The van der Waals surface area contributed by atoms with Gasteiger partial charge in [0.1, 0.15) is 12.4 Å². The van der Waals surface area contributed by atoms with E-state index in [9.17, 15) is 4.79 Å². The molecule has 4 nitrogen and oxygen atoms in total. The minimum atomic E-state index is -0.215. The molecule has 0 saturated heterocycles. The lowest BCUT2D eigenvalue weighted by atomic mass is 10.1. The summed E-state index contributed by atoms with van der Waals surface area (Å²) < 4.78 is 5.42. The van der Waals surface area contributed by atoms with Gasteiger partial charge >= 0.3 is 0 Å². The van der Waals surface area contributed by atoms with Gasteiger partial charge in [-0.2, -0.15) is 0 Å². The number of benzene rings is 2. The Hall–Kier alpha value is -2.04. The zero-order valence-corrected chi connectivity index (χ0v) is 12.5. The number of carbonyl (C=O) groups excluding carboxylic acids is 1. The van der Waals surface area contributed by atoms with Crippen LogP contribution in [0.5, 0.6) is 5.75 Å². The minimum absolute atomic E-state index is 0.215. The highest BCUT2D eigenvalue weighted by Gasteiger charge is 2.08. The third kappa shape index (κ3) is 4.21. The largest absolute Gasteiger partial charge is 0.492 e. The Morgan fingerprint density at radius 1 is 1.29 bits per heavy atom. The summed E-state index contributed by atoms with van der Waals surface area (Å²) in [7, 11) is 0. The van der Waals surface area contributed by atoms with Gasteiger partial charge in [0.25, 0.3) is 5.91 Å². The number of ether oxygens (including phenoxy) is 1. The highest BCUT2D eigenvalue weighted by molar-refractivity contribution is 6.31. The van der Waals surface area contributed by atoms with Gasteiger partial charge in [-0.1, -0.05) is 23.7 Å². The predicted molar refractivity (Wildman–Crippen MR) is 85.1 cm³/mol. The first-order valence-electron chi connectivity index (χ1n) is 6.60. The maximum absolute atomic E-state index is 12.2. The molecule has 2 aromatic carbocycles. The van der Waals surface area contributed by atoms with Crippen LogP contribution in [0.2, 0.25) is 5.02 Å². The van der Waals surface area contributed by atoms with E-state index in [0.717, 1.165) is 5.56 Å². The molecule has 0 atom stereocenters. The summed E-state index contributed by atoms with van der Waals surface area (Å²) in [5, 5.41) is 3.38. The van der Waals surface area contributed by atoms with E-state index >= 15 is 0 Å². The second-order valence-electron chi connectivity index (χ2n) is 4.58. The lowest BCUT2D eigenvalue weighted by Gasteiger charge is -2.09. The Morgan fingerprint density at radius 3 is 2.81 bits per heavy atom. The van der Waals surface area contributed by atoms with E-state index in [2.05, 4.69) is 5.32 Å². The number of halogens is 1. The van der Waals surface area contributed by atoms with Crippen LogP contribution in [0.15, 0.2) is 42.5 Å². The third-order valence-corrected chi connectivity index (χ3v) is 3.32. The van der Waals surface area contributed by atoms with Gasteiger partial charge in [0.15, 0.2) is 0 Å². The van der Waals surface area contributed by atoms with Crippen LogP contribution in [0.4, 0.5) is 5.69 Å². The van der Waals surface area contributed by atoms with Crippen LogP contribution in [-0.4, -0.2) is 19.1 Å². The normalized spacial score (nSPS) is 10.2. The molecule has 0 bridgehead atoms. The molecule has 2 rings (SSSR count). The molecule has 0 spiro atoms. The molecule has 0 aromatic heterocycles. The number of nitrogens with two attached hydrogens (primary N) is 1. The average Bonchev–Trinajstić information content (AvgIpc) is 2.48. The Kier molecular flexibility index (Phi) is 5.20. The summed E-state index contributed by atoms with van der Waals surface area (Å²) in [6.07, 6.45) is 0. The Morgan fingerprint density at radius 2 is 2.10 bits per heavy atom. The molecule has 0 aliphatic heterocycles. The number of amides is 1. The van der Waals surface area contributed by atoms with Gasteiger partial charge in [-0.3, -0.25) is 4.79 Å². The molecule has 1 amide bonds. The fourth-order valence-electron chi connectivity index (χ4n) is 1.78. The summed E-state index contributed by atoms with van der Waals surface area (Å²) in [6, 6.07) is 12.4. The van der Waals surface area contributed by atoms with E-state index in [1.54, 1.807) is 24.3 Å². The summed E-state index contributed by atoms with van der Waals surface area (Å²) in [5.41, 5.74) is 7.50. The van der Waals surface area contributed by atoms with Crippen molar-refractivity contribution in [1.82, 2.24) is 0 Å². The van der Waals surface area contributed by atoms with Gasteiger partial charge in [-0.25, -0.2) is 0 Å². The fourth-order valence-corrected chi connectivity index (χ4v) is 1.96. The molecule has 2 aromatic rings. The van der Waals surface area contributed by atoms with Crippen molar-refractivity contribution in [3.8, 4) is 5.75 Å². The highest BCUT2D eigenvalue weighted by Crippen LogP contribution is 2.20. The second kappa shape index (κ2) is 7.11. The standard InChI is InChI=1S/C16H17ClN2O2/c1-11-5-6-12(9-15(11)17)16(20)19-13-3-2-4-14(10-13)21-8-7-18/h2-6,9-10H,7-8,18H2,1H3,(H,19,20). The maximum Gasteiger partial charge on any atom is 0.255 e. The van der Waals surface area contributed by atoms with Crippen LogP contribution in [0.1, 0.15) is 15.9 Å². The predicted octanol–water partition coefficient (Wildman–Crippen LogP) is 3.24. The third-order valence-electron chi connectivity index (χ3n) is 2.91. The summed E-state index contributed by atoms with van der Waals surface area (Å²) in [5.74, 6) is 0.452. The number of hydrogen-bond acceptors (Lipinski definition) is 3. The van der Waals surface area contributed by atoms with Gasteiger partial charge in [0, 0.05) is 28.9 Å². The Bertz CT molecular complexity index is 644. The monoisotopic (exact) mass is 304 g/mol. The van der Waals surface area contributed by atoms with E-state index in [1.165, 1.54) is 0 Å². The summed E-state index contributed by atoms with van der Waals surface area (Å²) >= 11 is 6.03. The Labute approximate surface area is 128 Å². The van der Waals surface area contributed by atoms with E-state index in [4.69, 9.17) is 22.1 Å². The van der Waals surface area contributed by atoms with Crippen LogP contribution in [0, 0.1) is 6.92 Å². The molecule has 0 saturated carbocycles. The van der Waals surface area contributed by atoms with Gasteiger partial charge in [-0.05, 0) is 36.8 Å². The van der Waals surface area contributed by atoms with E-state index < -0.39 is 0 Å². The molecule has 110 valence electrons. The molecule has 0 aliphatic rings. The van der Waals surface area contributed by atoms with E-state index in [1.807, 2.05) is 25.1 Å². The smallest absolute Gasteiger partial charge is 0.255 e. The topological polar surface area (TPSA) is 64.3 Å². The molecular weight excluding hydrogens is 288 g/mol. The summed E-state index contributed by atoms with van der Waals surface area (Å²) in [6.45, 7) is 2.77. The molecule has 0 radical (unpaired) electrons.